The van der Waals surface area contributed by atoms with E-state index < -0.39 is 5.60 Å². The molecule has 2 aliphatic rings. The highest BCUT2D eigenvalue weighted by atomic mass is 16.5. The number of nitrogens with zero attached hydrogens (tertiary/aromatic N) is 1. The van der Waals surface area contributed by atoms with Gasteiger partial charge in [-0.15, -0.1) is 0 Å². The Morgan fingerprint density at radius 3 is 2.75 bits per heavy atom. The molecule has 6 nitrogen and oxygen atoms in total. The van der Waals surface area contributed by atoms with Crippen LogP contribution >= 0.6 is 0 Å². The lowest BCUT2D eigenvalue weighted by Gasteiger charge is -2.38. The standard InChI is InChI=1S/C22H28N2O4/c1-22(2,26)19-9-8-16(13-27-19)24-21(25)15-11-17(12-15)28-18-7-3-5-14-6-4-10-23-20(14)18/h3-7,10,15-17,19,26H,8-9,11-13H2,1-2H3,(H,24,25)/t15-,16-,17-,19+/m1/s1. The third-order valence-corrected chi connectivity index (χ3v) is 5.77. The number of benzene rings is 1. The van der Waals surface area contributed by atoms with E-state index in [2.05, 4.69) is 10.3 Å². The van der Waals surface area contributed by atoms with Crippen LogP contribution in [0.5, 0.6) is 5.75 Å². The first-order valence-corrected chi connectivity index (χ1v) is 10.0. The second-order valence-electron chi connectivity index (χ2n) is 8.50. The van der Waals surface area contributed by atoms with E-state index in [0.717, 1.165) is 42.3 Å². The average Bonchev–Trinajstić information content (AvgIpc) is 2.64. The molecule has 2 heterocycles. The van der Waals surface area contributed by atoms with Crippen molar-refractivity contribution in [3.8, 4) is 5.75 Å². The number of amides is 1. The summed E-state index contributed by atoms with van der Waals surface area (Å²) in [5.41, 5.74) is 0.0166. The molecule has 1 saturated heterocycles. The number of nitrogens with one attached hydrogen (secondary N) is 1. The van der Waals surface area contributed by atoms with E-state index in [-0.39, 0.29) is 30.1 Å². The van der Waals surface area contributed by atoms with Gasteiger partial charge in [0.05, 0.1) is 24.4 Å². The maximum atomic E-state index is 12.5. The zero-order chi connectivity index (χ0) is 19.7. The van der Waals surface area contributed by atoms with E-state index in [0.29, 0.717) is 6.61 Å². The molecule has 150 valence electrons. The average molecular weight is 384 g/mol. The molecule has 0 bridgehead atoms. The quantitative estimate of drug-likeness (QED) is 0.829. The lowest BCUT2D eigenvalue weighted by atomic mass is 9.81. The molecule has 2 atom stereocenters. The van der Waals surface area contributed by atoms with Gasteiger partial charge in [-0.25, -0.2) is 0 Å². The highest BCUT2D eigenvalue weighted by Crippen LogP contribution is 2.34. The first-order chi connectivity index (χ1) is 13.4. The number of carbonyl (C=O) groups excluding carboxylic acids is 1. The molecule has 1 aliphatic heterocycles. The molecule has 1 saturated carbocycles. The highest BCUT2D eigenvalue weighted by Gasteiger charge is 2.38. The first kappa shape index (κ1) is 19.2. The Balaban J connectivity index is 1.25. The first-order valence-electron chi connectivity index (χ1n) is 10.0. The van der Waals surface area contributed by atoms with Crippen molar-refractivity contribution in [1.29, 1.82) is 0 Å². The van der Waals surface area contributed by atoms with Gasteiger partial charge in [-0.2, -0.15) is 0 Å². The molecular formula is C22H28N2O4. The molecule has 1 aromatic heterocycles. The number of fused-ring (bicyclic) bond motifs is 1. The molecule has 2 fully saturated rings. The largest absolute Gasteiger partial charge is 0.488 e. The lowest BCUT2D eigenvalue weighted by Crippen LogP contribution is -2.51. The van der Waals surface area contributed by atoms with Crippen LogP contribution in [-0.2, 0) is 9.53 Å². The Morgan fingerprint density at radius 1 is 1.25 bits per heavy atom. The summed E-state index contributed by atoms with van der Waals surface area (Å²) in [5.74, 6) is 0.839. The van der Waals surface area contributed by atoms with Gasteiger partial charge in [0.2, 0.25) is 5.91 Å². The number of carbonyl (C=O) groups is 1. The normalized spacial score (nSPS) is 27.8. The van der Waals surface area contributed by atoms with Crippen molar-refractivity contribution < 1.29 is 19.4 Å². The second-order valence-corrected chi connectivity index (χ2v) is 8.50. The second kappa shape index (κ2) is 7.68. The van der Waals surface area contributed by atoms with Gasteiger partial charge >= 0.3 is 0 Å². The molecule has 1 aliphatic carbocycles. The summed E-state index contributed by atoms with van der Waals surface area (Å²) in [5, 5.41) is 14.2. The van der Waals surface area contributed by atoms with E-state index in [9.17, 15) is 9.90 Å². The van der Waals surface area contributed by atoms with Crippen molar-refractivity contribution in [3.63, 3.8) is 0 Å². The summed E-state index contributed by atoms with van der Waals surface area (Å²) < 4.78 is 11.8. The molecule has 28 heavy (non-hydrogen) atoms. The van der Waals surface area contributed by atoms with Gasteiger partial charge in [0.1, 0.15) is 17.4 Å². The molecule has 1 aromatic carbocycles. The topological polar surface area (TPSA) is 80.7 Å². The molecule has 0 spiro atoms. The number of pyridine rings is 1. The monoisotopic (exact) mass is 384 g/mol. The van der Waals surface area contributed by atoms with Gasteiger partial charge < -0.3 is 19.9 Å². The zero-order valence-electron chi connectivity index (χ0n) is 16.4. The minimum atomic E-state index is -0.843. The highest BCUT2D eigenvalue weighted by molar-refractivity contribution is 5.84. The van der Waals surface area contributed by atoms with Crippen LogP contribution in [0.3, 0.4) is 0 Å². The molecule has 2 N–H and O–H groups in total. The molecule has 0 radical (unpaired) electrons. The number of hydrogen-bond acceptors (Lipinski definition) is 5. The maximum Gasteiger partial charge on any atom is 0.223 e. The Hall–Kier alpha value is -2.18. The maximum absolute atomic E-state index is 12.5. The molecule has 2 aromatic rings. The van der Waals surface area contributed by atoms with E-state index in [1.807, 2.05) is 30.3 Å². The van der Waals surface area contributed by atoms with E-state index in [1.165, 1.54) is 0 Å². The fourth-order valence-corrected chi connectivity index (χ4v) is 3.97. The van der Waals surface area contributed by atoms with Gasteiger partial charge in [-0.05, 0) is 51.7 Å². The van der Waals surface area contributed by atoms with E-state index >= 15 is 0 Å². The van der Waals surface area contributed by atoms with Crippen LogP contribution in [-0.4, -0.2) is 46.5 Å². The summed E-state index contributed by atoms with van der Waals surface area (Å²) in [6, 6.07) is 9.86. The fraction of sp³-hybridized carbons (Fsp3) is 0.545. The summed E-state index contributed by atoms with van der Waals surface area (Å²) in [7, 11) is 0. The van der Waals surface area contributed by atoms with Crippen molar-refractivity contribution in [2.45, 2.75) is 63.4 Å². The predicted molar refractivity (Wildman–Crippen MR) is 106 cm³/mol. The van der Waals surface area contributed by atoms with Crippen molar-refractivity contribution in [2.24, 2.45) is 5.92 Å². The van der Waals surface area contributed by atoms with Crippen molar-refractivity contribution in [2.75, 3.05) is 6.61 Å². The number of aromatic nitrogens is 1. The fourth-order valence-electron chi connectivity index (χ4n) is 3.97. The van der Waals surface area contributed by atoms with Crippen LogP contribution in [0.15, 0.2) is 36.5 Å². The van der Waals surface area contributed by atoms with Crippen LogP contribution < -0.4 is 10.1 Å². The summed E-state index contributed by atoms with van der Waals surface area (Å²) in [6.07, 6.45) is 4.65. The van der Waals surface area contributed by atoms with Crippen LogP contribution in [0.4, 0.5) is 0 Å². The zero-order valence-corrected chi connectivity index (χ0v) is 16.4. The number of ether oxygens (including phenoxy) is 2. The summed E-state index contributed by atoms with van der Waals surface area (Å²) in [6.45, 7) is 3.97. The van der Waals surface area contributed by atoms with Crippen LogP contribution in [0.1, 0.15) is 39.5 Å². The molecule has 0 unspecified atom stereocenters. The Bertz CT molecular complexity index is 829. The number of rotatable bonds is 5. The molecule has 4 rings (SSSR count). The summed E-state index contributed by atoms with van der Waals surface area (Å²) in [4.78, 5) is 16.9. The Morgan fingerprint density at radius 2 is 2.04 bits per heavy atom. The molecular weight excluding hydrogens is 356 g/mol. The van der Waals surface area contributed by atoms with Crippen LogP contribution in [0, 0.1) is 5.92 Å². The lowest BCUT2D eigenvalue weighted by molar-refractivity contribution is -0.137. The SMILES string of the molecule is CC(C)(O)[C@@H]1CC[C@@H](NC(=O)[C@H]2C[C@H](Oc3cccc4cccnc34)C2)CO1. The van der Waals surface area contributed by atoms with E-state index in [4.69, 9.17) is 9.47 Å². The summed E-state index contributed by atoms with van der Waals surface area (Å²) >= 11 is 0. The van der Waals surface area contributed by atoms with Crippen molar-refractivity contribution in [3.05, 3.63) is 36.5 Å². The smallest absolute Gasteiger partial charge is 0.223 e. The molecule has 1 amide bonds. The Kier molecular flexibility index (Phi) is 5.25. The number of hydrogen-bond donors (Lipinski definition) is 2. The van der Waals surface area contributed by atoms with E-state index in [1.54, 1.807) is 20.0 Å². The van der Waals surface area contributed by atoms with Crippen LogP contribution in [0.25, 0.3) is 10.9 Å². The van der Waals surface area contributed by atoms with Gasteiger partial charge in [0.25, 0.3) is 0 Å². The van der Waals surface area contributed by atoms with Crippen molar-refractivity contribution >= 4 is 16.8 Å². The third-order valence-electron chi connectivity index (χ3n) is 5.77. The van der Waals surface area contributed by atoms with Gasteiger partial charge in [0, 0.05) is 17.5 Å². The van der Waals surface area contributed by atoms with Crippen molar-refractivity contribution in [1.82, 2.24) is 10.3 Å². The van der Waals surface area contributed by atoms with Gasteiger partial charge in [-0.1, -0.05) is 18.2 Å². The number of aliphatic hydroxyl groups is 1. The third kappa shape index (κ3) is 4.13. The minimum Gasteiger partial charge on any atom is -0.488 e. The molecule has 6 heteroatoms. The van der Waals surface area contributed by atoms with Gasteiger partial charge in [0.15, 0.2) is 0 Å². The minimum absolute atomic E-state index is 0.0139. The number of para-hydroxylation sites is 1. The van der Waals surface area contributed by atoms with Gasteiger partial charge in [-0.3, -0.25) is 9.78 Å². The predicted octanol–water partition coefficient (Wildman–Crippen LogP) is 2.83. The van der Waals surface area contributed by atoms with Crippen LogP contribution in [0.2, 0.25) is 0 Å². The Labute approximate surface area is 165 Å².